The van der Waals surface area contributed by atoms with Gasteiger partial charge in [-0.2, -0.15) is 0 Å². The number of halogens is 1. The van der Waals surface area contributed by atoms with Crippen LogP contribution in [0.1, 0.15) is 46.3 Å². The van der Waals surface area contributed by atoms with E-state index in [1.807, 2.05) is 45.0 Å². The van der Waals surface area contributed by atoms with E-state index >= 15 is 0 Å². The number of rotatable bonds is 8. The van der Waals surface area contributed by atoms with E-state index in [1.165, 1.54) is 0 Å². The molecule has 1 atom stereocenters. The Balaban J connectivity index is 0.00000529. The molecule has 6 heteroatoms. The largest absolute Gasteiger partial charge is 0.491 e. The van der Waals surface area contributed by atoms with Gasteiger partial charge in [-0.3, -0.25) is 4.99 Å². The fraction of sp³-hybridized carbons (Fsp3) is 0.611. The number of ether oxygens (including phenoxy) is 1. The molecule has 0 fully saturated rings. The number of aliphatic hydroxyl groups excluding tert-OH is 1. The fourth-order valence-corrected chi connectivity index (χ4v) is 1.99. The van der Waals surface area contributed by atoms with Gasteiger partial charge in [0.05, 0.1) is 12.2 Å². The average molecular weight is 449 g/mol. The highest BCUT2D eigenvalue weighted by Gasteiger charge is 2.10. The van der Waals surface area contributed by atoms with E-state index in [2.05, 4.69) is 29.5 Å². The summed E-state index contributed by atoms with van der Waals surface area (Å²) in [5.41, 5.74) is 0.829. The fourth-order valence-electron chi connectivity index (χ4n) is 1.99. The Hall–Kier alpha value is -1.02. The van der Waals surface area contributed by atoms with Gasteiger partial charge >= 0.3 is 0 Å². The first-order valence-corrected chi connectivity index (χ1v) is 8.39. The van der Waals surface area contributed by atoms with E-state index in [0.29, 0.717) is 12.5 Å². The zero-order valence-electron chi connectivity index (χ0n) is 15.4. The monoisotopic (exact) mass is 449 g/mol. The second kappa shape index (κ2) is 12.4. The number of guanidine groups is 1. The lowest BCUT2D eigenvalue weighted by Crippen LogP contribution is -2.39. The predicted molar refractivity (Wildman–Crippen MR) is 111 cm³/mol. The van der Waals surface area contributed by atoms with E-state index in [0.717, 1.165) is 30.4 Å². The summed E-state index contributed by atoms with van der Waals surface area (Å²) in [6.07, 6.45) is -0.502. The molecule has 0 aliphatic rings. The molecule has 1 aromatic rings. The number of aliphatic imine (C=N–C) groups is 1. The van der Waals surface area contributed by atoms with Crippen LogP contribution in [0, 0.1) is 5.92 Å². The molecule has 0 heterocycles. The second-order valence-electron chi connectivity index (χ2n) is 6.25. The van der Waals surface area contributed by atoms with E-state index in [-0.39, 0.29) is 30.1 Å². The summed E-state index contributed by atoms with van der Waals surface area (Å²) < 4.78 is 5.67. The first-order chi connectivity index (χ1) is 10.9. The Bertz CT molecular complexity index is 493. The van der Waals surface area contributed by atoms with Gasteiger partial charge in [0.1, 0.15) is 5.75 Å². The number of benzene rings is 1. The molecule has 1 rings (SSSR count). The Labute approximate surface area is 163 Å². The molecule has 0 aromatic heterocycles. The van der Waals surface area contributed by atoms with Crippen molar-refractivity contribution in [2.75, 3.05) is 19.6 Å². The zero-order valence-corrected chi connectivity index (χ0v) is 17.7. The highest BCUT2D eigenvalue weighted by Crippen LogP contribution is 2.19. The van der Waals surface area contributed by atoms with Gasteiger partial charge in [-0.05, 0) is 44.4 Å². The molecule has 0 saturated heterocycles. The van der Waals surface area contributed by atoms with Crippen molar-refractivity contribution in [3.8, 4) is 5.75 Å². The Morgan fingerprint density at radius 2 is 1.92 bits per heavy atom. The molecule has 0 aliphatic carbocycles. The molecule has 0 saturated carbocycles. The summed E-state index contributed by atoms with van der Waals surface area (Å²) in [5.74, 6) is 2.01. The molecule has 0 bridgehead atoms. The number of aliphatic hydroxyl groups is 1. The van der Waals surface area contributed by atoms with Gasteiger partial charge in [0.25, 0.3) is 0 Å². The molecule has 0 aliphatic heterocycles. The predicted octanol–water partition coefficient (Wildman–Crippen LogP) is 3.34. The Kier molecular flexibility index (Phi) is 11.8. The van der Waals surface area contributed by atoms with Gasteiger partial charge in [-0.25, -0.2) is 0 Å². The first kappa shape index (κ1) is 23.0. The summed E-state index contributed by atoms with van der Waals surface area (Å²) in [5, 5.41) is 16.7. The maximum absolute atomic E-state index is 10.4. The average Bonchev–Trinajstić information content (AvgIpc) is 2.49. The molecular formula is C18H32IN3O2. The number of nitrogens with zero attached hydrogens (tertiary/aromatic N) is 1. The smallest absolute Gasteiger partial charge is 0.191 e. The summed E-state index contributed by atoms with van der Waals surface area (Å²) in [6.45, 7) is 12.2. The van der Waals surface area contributed by atoms with Crippen molar-refractivity contribution in [3.63, 3.8) is 0 Å². The Morgan fingerprint density at radius 1 is 1.21 bits per heavy atom. The Morgan fingerprint density at radius 3 is 2.50 bits per heavy atom. The van der Waals surface area contributed by atoms with Crippen molar-refractivity contribution in [1.82, 2.24) is 10.6 Å². The van der Waals surface area contributed by atoms with Crippen LogP contribution in [0.15, 0.2) is 29.3 Å². The van der Waals surface area contributed by atoms with Crippen LogP contribution < -0.4 is 15.4 Å². The standard InChI is InChI=1S/C18H31N3O2.HI/c1-6-19-18(20-11-13(2)3)21-12-17(22)15-8-7-9-16(10-15)23-14(4)5;/h7-10,13-14,17,22H,6,11-12H2,1-5H3,(H2,19,20,21);1H. The molecule has 0 spiro atoms. The van der Waals surface area contributed by atoms with Crippen molar-refractivity contribution in [2.24, 2.45) is 10.9 Å². The summed E-state index contributed by atoms with van der Waals surface area (Å²) in [7, 11) is 0. The van der Waals surface area contributed by atoms with Gasteiger partial charge < -0.3 is 20.5 Å². The molecule has 138 valence electrons. The van der Waals surface area contributed by atoms with Gasteiger partial charge in [-0.1, -0.05) is 26.0 Å². The maximum Gasteiger partial charge on any atom is 0.191 e. The zero-order chi connectivity index (χ0) is 17.2. The molecule has 24 heavy (non-hydrogen) atoms. The topological polar surface area (TPSA) is 65.9 Å². The quantitative estimate of drug-likeness (QED) is 0.324. The highest BCUT2D eigenvalue weighted by molar-refractivity contribution is 14.0. The lowest BCUT2D eigenvalue weighted by Gasteiger charge is -2.17. The van der Waals surface area contributed by atoms with Crippen LogP contribution >= 0.6 is 24.0 Å². The van der Waals surface area contributed by atoms with Crippen molar-refractivity contribution in [1.29, 1.82) is 0 Å². The summed E-state index contributed by atoms with van der Waals surface area (Å²) in [4.78, 5) is 4.49. The number of nitrogens with one attached hydrogen (secondary N) is 2. The molecule has 0 radical (unpaired) electrons. The molecule has 1 unspecified atom stereocenters. The number of hydrogen-bond donors (Lipinski definition) is 3. The summed E-state index contributed by atoms with van der Waals surface area (Å²) >= 11 is 0. The van der Waals surface area contributed by atoms with E-state index in [4.69, 9.17) is 4.74 Å². The molecule has 3 N–H and O–H groups in total. The normalized spacial score (nSPS) is 12.8. The van der Waals surface area contributed by atoms with Gasteiger partial charge in [0, 0.05) is 19.6 Å². The third kappa shape index (κ3) is 9.32. The minimum Gasteiger partial charge on any atom is -0.491 e. The van der Waals surface area contributed by atoms with E-state index in [9.17, 15) is 5.11 Å². The second-order valence-corrected chi connectivity index (χ2v) is 6.25. The van der Waals surface area contributed by atoms with Crippen LogP contribution in [0.4, 0.5) is 0 Å². The van der Waals surface area contributed by atoms with Gasteiger partial charge in [0.15, 0.2) is 5.96 Å². The van der Waals surface area contributed by atoms with Gasteiger partial charge in [0.2, 0.25) is 0 Å². The summed E-state index contributed by atoms with van der Waals surface area (Å²) in [6, 6.07) is 7.58. The van der Waals surface area contributed by atoms with Crippen LogP contribution in [0.3, 0.4) is 0 Å². The van der Waals surface area contributed by atoms with Crippen molar-refractivity contribution in [3.05, 3.63) is 29.8 Å². The van der Waals surface area contributed by atoms with Gasteiger partial charge in [-0.15, -0.1) is 24.0 Å². The van der Waals surface area contributed by atoms with Crippen LogP contribution in [-0.4, -0.2) is 36.8 Å². The van der Waals surface area contributed by atoms with Crippen LogP contribution in [0.25, 0.3) is 0 Å². The molecule has 5 nitrogen and oxygen atoms in total. The lowest BCUT2D eigenvalue weighted by atomic mass is 10.1. The SMILES string of the molecule is CCNC(=NCC(C)C)NCC(O)c1cccc(OC(C)C)c1.I. The highest BCUT2D eigenvalue weighted by atomic mass is 127. The maximum atomic E-state index is 10.4. The van der Waals surface area contributed by atoms with Crippen molar-refractivity contribution in [2.45, 2.75) is 46.8 Å². The third-order valence-corrected chi connectivity index (χ3v) is 3.04. The first-order valence-electron chi connectivity index (χ1n) is 8.39. The minimum absolute atomic E-state index is 0. The lowest BCUT2D eigenvalue weighted by molar-refractivity contribution is 0.179. The van der Waals surface area contributed by atoms with Crippen LogP contribution in [-0.2, 0) is 0 Å². The number of hydrogen-bond acceptors (Lipinski definition) is 3. The van der Waals surface area contributed by atoms with Crippen molar-refractivity contribution >= 4 is 29.9 Å². The van der Waals surface area contributed by atoms with E-state index in [1.54, 1.807) is 0 Å². The van der Waals surface area contributed by atoms with Crippen LogP contribution in [0.2, 0.25) is 0 Å². The molecular weight excluding hydrogens is 417 g/mol. The van der Waals surface area contributed by atoms with Crippen molar-refractivity contribution < 1.29 is 9.84 Å². The van der Waals surface area contributed by atoms with E-state index < -0.39 is 6.10 Å². The molecule has 0 amide bonds. The minimum atomic E-state index is -0.617. The third-order valence-electron chi connectivity index (χ3n) is 3.04. The molecule has 1 aromatic carbocycles. The van der Waals surface area contributed by atoms with Crippen LogP contribution in [0.5, 0.6) is 5.75 Å².